The molecule has 1 aromatic heterocycles. The first kappa shape index (κ1) is 30.2. The molecule has 7 atom stereocenters. The third-order valence-corrected chi connectivity index (χ3v) is 8.48. The molecule has 2 aliphatic heterocycles. The monoisotopic (exact) mass is 527 g/mol. The van der Waals surface area contributed by atoms with Crippen LogP contribution in [0, 0.1) is 17.3 Å². The smallest absolute Gasteiger partial charge is 0.309 e. The molecule has 1 unspecified atom stereocenters. The highest BCUT2D eigenvalue weighted by molar-refractivity contribution is 5.88. The second kappa shape index (κ2) is 12.7. The van der Waals surface area contributed by atoms with Gasteiger partial charge in [0.05, 0.1) is 41.4 Å². The van der Waals surface area contributed by atoms with Crippen molar-refractivity contribution in [3.63, 3.8) is 0 Å². The molecule has 7 heteroatoms. The van der Waals surface area contributed by atoms with E-state index in [1.165, 1.54) is 0 Å². The SMILES string of the molecule is C=CCC[C@H]1C(=O)C(C)(C)[C@@H](O)CC(=O)O[C@H](C(C)=Cc2ccccn2)C[C@@H]2OC2(C)CCC[C@H](C)[C@@H]1O. The van der Waals surface area contributed by atoms with Crippen molar-refractivity contribution in [1.82, 2.24) is 4.98 Å². The van der Waals surface area contributed by atoms with Crippen LogP contribution in [0.2, 0.25) is 0 Å². The summed E-state index contributed by atoms with van der Waals surface area (Å²) in [6.07, 6.45) is 6.22. The lowest BCUT2D eigenvalue weighted by Gasteiger charge is -2.36. The molecule has 0 amide bonds. The van der Waals surface area contributed by atoms with E-state index in [9.17, 15) is 19.8 Å². The Bertz CT molecular complexity index is 1000. The number of carbonyl (C=O) groups excluding carboxylic acids is 2. The zero-order valence-electron chi connectivity index (χ0n) is 23.6. The van der Waals surface area contributed by atoms with Gasteiger partial charge in [0.1, 0.15) is 11.9 Å². The lowest BCUT2D eigenvalue weighted by molar-refractivity contribution is -0.154. The van der Waals surface area contributed by atoms with Crippen molar-refractivity contribution in [3.05, 3.63) is 48.3 Å². The summed E-state index contributed by atoms with van der Waals surface area (Å²) in [7, 11) is 0. The van der Waals surface area contributed by atoms with Crippen LogP contribution in [0.1, 0.15) is 85.3 Å². The Balaban J connectivity index is 1.88. The number of ether oxygens (including phenoxy) is 2. The fourth-order valence-corrected chi connectivity index (χ4v) is 5.48. The quantitative estimate of drug-likeness (QED) is 0.313. The summed E-state index contributed by atoms with van der Waals surface area (Å²) in [5.74, 6) is -1.58. The minimum absolute atomic E-state index is 0.0659. The molecule has 3 heterocycles. The highest BCUT2D eigenvalue weighted by atomic mass is 16.6. The van der Waals surface area contributed by atoms with E-state index in [4.69, 9.17) is 9.47 Å². The van der Waals surface area contributed by atoms with E-state index in [0.29, 0.717) is 19.3 Å². The Hall–Kier alpha value is -2.35. The van der Waals surface area contributed by atoms with Crippen LogP contribution in [0.15, 0.2) is 42.6 Å². The van der Waals surface area contributed by atoms with E-state index in [1.54, 1.807) is 26.1 Å². The minimum Gasteiger partial charge on any atom is -0.458 e. The third-order valence-electron chi connectivity index (χ3n) is 8.48. The number of aliphatic hydroxyl groups is 2. The highest BCUT2D eigenvalue weighted by Crippen LogP contribution is 2.45. The molecule has 2 N–H and O–H groups in total. The number of ketones is 1. The maximum Gasteiger partial charge on any atom is 0.309 e. The van der Waals surface area contributed by atoms with Gasteiger partial charge in [0.15, 0.2) is 0 Å². The fourth-order valence-electron chi connectivity index (χ4n) is 5.48. The van der Waals surface area contributed by atoms with E-state index in [0.717, 1.165) is 30.5 Å². The Morgan fingerprint density at radius 2 is 1.97 bits per heavy atom. The highest BCUT2D eigenvalue weighted by Gasteiger charge is 2.53. The molecule has 0 radical (unpaired) electrons. The van der Waals surface area contributed by atoms with E-state index in [-0.39, 0.29) is 29.8 Å². The average molecular weight is 528 g/mol. The standard InChI is InChI=1S/C31H45NO6/c1-7-8-14-23-28(35)20(2)12-11-15-31(6)26(38-31)18-24(21(3)17-22-13-9-10-16-32-22)37-27(34)19-25(33)30(4,5)29(23)36/h7,9-10,13,16-17,20,23-26,28,33,35H,1,8,11-12,14-15,18-19H2,2-6H3/t20-,23+,24-,25-,26-,28-,31?/m0/s1. The zero-order chi connectivity index (χ0) is 28.1. The van der Waals surface area contributed by atoms with Crippen LogP contribution < -0.4 is 0 Å². The van der Waals surface area contributed by atoms with Gasteiger partial charge in [-0.05, 0) is 69.2 Å². The van der Waals surface area contributed by atoms with Gasteiger partial charge >= 0.3 is 5.97 Å². The number of epoxide rings is 1. The van der Waals surface area contributed by atoms with E-state index in [2.05, 4.69) is 18.5 Å². The van der Waals surface area contributed by atoms with E-state index >= 15 is 0 Å². The number of esters is 1. The molecule has 2 fully saturated rings. The summed E-state index contributed by atoms with van der Waals surface area (Å²) in [6, 6.07) is 5.62. The number of carbonyl (C=O) groups is 2. The molecular weight excluding hydrogens is 482 g/mol. The third kappa shape index (κ3) is 7.39. The van der Waals surface area contributed by atoms with Crippen molar-refractivity contribution in [2.24, 2.45) is 17.3 Å². The maximum absolute atomic E-state index is 13.7. The summed E-state index contributed by atoms with van der Waals surface area (Å²) < 4.78 is 12.0. The number of allylic oxidation sites excluding steroid dienone is 1. The molecule has 2 aliphatic rings. The second-order valence-electron chi connectivity index (χ2n) is 11.9. The van der Waals surface area contributed by atoms with Crippen molar-refractivity contribution < 1.29 is 29.3 Å². The zero-order valence-corrected chi connectivity index (χ0v) is 23.6. The summed E-state index contributed by atoms with van der Waals surface area (Å²) in [4.78, 5) is 31.1. The van der Waals surface area contributed by atoms with Gasteiger partial charge in [-0.2, -0.15) is 0 Å². The van der Waals surface area contributed by atoms with Crippen LogP contribution in [0.25, 0.3) is 6.08 Å². The lowest BCUT2D eigenvalue weighted by atomic mass is 9.71. The van der Waals surface area contributed by atoms with Crippen LogP contribution in [-0.4, -0.2) is 57.0 Å². The Labute approximate surface area is 227 Å². The van der Waals surface area contributed by atoms with Crippen molar-refractivity contribution in [1.29, 1.82) is 0 Å². The first-order chi connectivity index (χ1) is 17.9. The number of aliphatic hydroxyl groups excluding tert-OH is 2. The van der Waals surface area contributed by atoms with Gasteiger partial charge < -0.3 is 19.7 Å². The Kier molecular flexibility index (Phi) is 10.1. The number of pyridine rings is 1. The summed E-state index contributed by atoms with van der Waals surface area (Å²) >= 11 is 0. The number of rotatable bonds is 5. The number of cyclic esters (lactones) is 1. The molecule has 0 saturated carbocycles. The number of fused-ring (bicyclic) bond motifs is 1. The largest absolute Gasteiger partial charge is 0.458 e. The van der Waals surface area contributed by atoms with Crippen LogP contribution in [0.5, 0.6) is 0 Å². The van der Waals surface area contributed by atoms with Crippen molar-refractivity contribution >= 4 is 17.8 Å². The first-order valence-electron chi connectivity index (χ1n) is 13.9. The number of nitrogens with zero attached hydrogens (tertiary/aromatic N) is 1. The summed E-state index contributed by atoms with van der Waals surface area (Å²) in [5.41, 5.74) is 0.0338. The topological polar surface area (TPSA) is 109 Å². The van der Waals surface area contributed by atoms with Crippen LogP contribution in [0.4, 0.5) is 0 Å². The van der Waals surface area contributed by atoms with Gasteiger partial charge in [-0.3, -0.25) is 14.6 Å². The van der Waals surface area contributed by atoms with Crippen molar-refractivity contribution in [3.8, 4) is 0 Å². The van der Waals surface area contributed by atoms with Gasteiger partial charge in [-0.25, -0.2) is 0 Å². The number of aromatic nitrogens is 1. The minimum atomic E-state index is -1.26. The van der Waals surface area contributed by atoms with Gasteiger partial charge in [-0.1, -0.05) is 39.3 Å². The van der Waals surface area contributed by atoms with Crippen LogP contribution >= 0.6 is 0 Å². The fraction of sp³-hybridized carbons (Fsp3) is 0.645. The molecule has 2 saturated heterocycles. The molecule has 0 aliphatic carbocycles. The Morgan fingerprint density at radius 1 is 1.24 bits per heavy atom. The van der Waals surface area contributed by atoms with Gasteiger partial charge in [0, 0.05) is 18.5 Å². The molecule has 0 bridgehead atoms. The van der Waals surface area contributed by atoms with E-state index in [1.807, 2.05) is 38.1 Å². The van der Waals surface area contributed by atoms with Crippen molar-refractivity contribution in [2.45, 2.75) is 110 Å². The summed E-state index contributed by atoms with van der Waals surface area (Å²) in [5, 5.41) is 22.3. The van der Waals surface area contributed by atoms with Crippen LogP contribution in [0.3, 0.4) is 0 Å². The first-order valence-corrected chi connectivity index (χ1v) is 13.9. The van der Waals surface area contributed by atoms with Gasteiger partial charge in [0.2, 0.25) is 0 Å². The van der Waals surface area contributed by atoms with Crippen LogP contribution in [-0.2, 0) is 19.1 Å². The summed E-state index contributed by atoms with van der Waals surface area (Å²) in [6.45, 7) is 13.0. The molecule has 3 rings (SSSR count). The molecule has 1 aromatic rings. The van der Waals surface area contributed by atoms with E-state index < -0.39 is 35.6 Å². The number of Topliss-reactive ketones (excluding diaryl/α,β-unsaturated/α-hetero) is 1. The molecule has 38 heavy (non-hydrogen) atoms. The second-order valence-corrected chi connectivity index (χ2v) is 11.9. The number of hydrogen-bond acceptors (Lipinski definition) is 7. The van der Waals surface area contributed by atoms with Gasteiger partial charge in [-0.15, -0.1) is 6.58 Å². The molecule has 210 valence electrons. The Morgan fingerprint density at radius 3 is 2.63 bits per heavy atom. The molecule has 0 spiro atoms. The molecular formula is C31H45NO6. The van der Waals surface area contributed by atoms with Gasteiger partial charge in [0.25, 0.3) is 0 Å². The predicted octanol–water partition coefficient (Wildman–Crippen LogP) is 5.05. The number of hydrogen-bond donors (Lipinski definition) is 2. The average Bonchev–Trinajstić information content (AvgIpc) is 3.51. The molecule has 7 nitrogen and oxygen atoms in total. The van der Waals surface area contributed by atoms with Crippen molar-refractivity contribution in [2.75, 3.05) is 0 Å². The predicted molar refractivity (Wildman–Crippen MR) is 147 cm³/mol. The lowest BCUT2D eigenvalue weighted by Crippen LogP contribution is -2.46. The maximum atomic E-state index is 13.7. The molecule has 0 aromatic carbocycles. The normalized spacial score (nSPS) is 35.2.